The molecule has 0 radical (unpaired) electrons. The minimum absolute atomic E-state index is 0.411. The van der Waals surface area contributed by atoms with E-state index in [1.807, 2.05) is 12.1 Å². The first-order valence-electron chi connectivity index (χ1n) is 13.2. The van der Waals surface area contributed by atoms with E-state index in [9.17, 15) is 5.26 Å². The summed E-state index contributed by atoms with van der Waals surface area (Å²) in [5, 5.41) is 11.3. The van der Waals surface area contributed by atoms with Crippen molar-refractivity contribution in [2.45, 2.75) is 56.8 Å². The quantitative estimate of drug-likeness (QED) is 0.261. The molecule has 1 fully saturated rings. The Kier molecular flexibility index (Phi) is 9.41. The Balaban J connectivity index is 1.44. The lowest BCUT2D eigenvalue weighted by Crippen LogP contribution is -2.35. The number of halogens is 1. The minimum atomic E-state index is -0.411. The van der Waals surface area contributed by atoms with Crippen molar-refractivity contribution in [1.29, 1.82) is 5.26 Å². The average Bonchev–Trinajstić information content (AvgIpc) is 3.45. The van der Waals surface area contributed by atoms with Gasteiger partial charge in [-0.15, -0.1) is 0 Å². The third-order valence-electron chi connectivity index (χ3n) is 7.78. The summed E-state index contributed by atoms with van der Waals surface area (Å²) in [4.78, 5) is 2.60. The fourth-order valence-corrected chi connectivity index (χ4v) is 5.87. The summed E-state index contributed by atoms with van der Waals surface area (Å²) in [6.07, 6.45) is 8.82. The van der Waals surface area contributed by atoms with Gasteiger partial charge < -0.3 is 4.90 Å². The van der Waals surface area contributed by atoms with Crippen LogP contribution < -0.4 is 0 Å². The third kappa shape index (κ3) is 6.97. The lowest BCUT2D eigenvalue weighted by Gasteiger charge is -2.34. The van der Waals surface area contributed by atoms with Crippen molar-refractivity contribution in [1.82, 2.24) is 4.90 Å². The molecule has 1 aliphatic rings. The molecular weight excluding hydrogens is 448 g/mol. The molecule has 0 saturated heterocycles. The van der Waals surface area contributed by atoms with E-state index in [0.717, 1.165) is 68.7 Å². The molecule has 1 aliphatic carbocycles. The largest absolute Gasteiger partial charge is 0.303 e. The van der Waals surface area contributed by atoms with E-state index in [1.165, 1.54) is 24.0 Å². The van der Waals surface area contributed by atoms with Gasteiger partial charge in [-0.2, -0.15) is 5.26 Å². The minimum Gasteiger partial charge on any atom is -0.303 e. The molecule has 0 bridgehead atoms. The summed E-state index contributed by atoms with van der Waals surface area (Å²) in [6, 6.07) is 32.4. The van der Waals surface area contributed by atoms with Crippen LogP contribution in [-0.4, -0.2) is 24.5 Å². The van der Waals surface area contributed by atoms with E-state index >= 15 is 0 Å². The summed E-state index contributed by atoms with van der Waals surface area (Å²) >= 11 is 6.19. The summed E-state index contributed by atoms with van der Waals surface area (Å²) in [5.41, 5.74) is 3.51. The molecule has 1 atom stereocenters. The number of hydrogen-bond acceptors (Lipinski definition) is 2. The fourth-order valence-electron chi connectivity index (χ4n) is 5.74. The zero-order valence-electron chi connectivity index (χ0n) is 20.7. The van der Waals surface area contributed by atoms with E-state index in [-0.39, 0.29) is 0 Å². The normalized spacial score (nSPS) is 15.7. The molecular formula is C32H37ClN2. The Hall–Kier alpha value is -2.60. The Labute approximate surface area is 216 Å². The van der Waals surface area contributed by atoms with Crippen LogP contribution in [0.25, 0.3) is 0 Å². The smallest absolute Gasteiger partial charge is 0.0850 e. The van der Waals surface area contributed by atoms with Gasteiger partial charge in [0.15, 0.2) is 0 Å². The van der Waals surface area contributed by atoms with Crippen molar-refractivity contribution >= 4 is 11.6 Å². The molecule has 0 N–H and O–H groups in total. The maximum atomic E-state index is 10.5. The van der Waals surface area contributed by atoms with Gasteiger partial charge in [-0.25, -0.2) is 0 Å². The number of nitrogens with zero attached hydrogens (tertiary/aromatic N) is 2. The highest BCUT2D eigenvalue weighted by Crippen LogP contribution is 2.45. The van der Waals surface area contributed by atoms with Crippen molar-refractivity contribution < 1.29 is 0 Å². The molecule has 0 amide bonds. The van der Waals surface area contributed by atoms with E-state index in [0.29, 0.717) is 5.92 Å². The second kappa shape index (κ2) is 12.9. The van der Waals surface area contributed by atoms with Crippen LogP contribution in [0.15, 0.2) is 84.9 Å². The molecule has 3 aromatic rings. The van der Waals surface area contributed by atoms with Gasteiger partial charge in [-0.05, 0) is 79.8 Å². The van der Waals surface area contributed by atoms with E-state index in [4.69, 9.17) is 11.6 Å². The van der Waals surface area contributed by atoms with Crippen molar-refractivity contribution in [3.05, 3.63) is 107 Å². The van der Waals surface area contributed by atoms with Crippen LogP contribution in [0, 0.1) is 17.2 Å². The summed E-state index contributed by atoms with van der Waals surface area (Å²) in [6.45, 7) is 3.10. The summed E-state index contributed by atoms with van der Waals surface area (Å²) in [7, 11) is 0. The van der Waals surface area contributed by atoms with Gasteiger partial charge in [-0.1, -0.05) is 97.2 Å². The van der Waals surface area contributed by atoms with Gasteiger partial charge in [0.25, 0.3) is 0 Å². The molecule has 3 aromatic carbocycles. The topological polar surface area (TPSA) is 27.0 Å². The standard InChI is InChI=1S/C32H37ClN2/c33-31-18-16-30(17-19-31)32(26-34,29-14-7-8-15-29)22-9-23-35(24-20-27-10-3-1-4-11-27)25-21-28-12-5-2-6-13-28/h1-6,10-13,16-19,29H,7-9,14-15,20-25H2. The number of nitriles is 1. The molecule has 182 valence electrons. The molecule has 4 rings (SSSR count). The predicted molar refractivity (Wildman–Crippen MR) is 147 cm³/mol. The van der Waals surface area contributed by atoms with Crippen molar-refractivity contribution in [3.63, 3.8) is 0 Å². The summed E-state index contributed by atoms with van der Waals surface area (Å²) in [5.74, 6) is 0.441. The van der Waals surface area contributed by atoms with Crippen LogP contribution in [0.2, 0.25) is 5.02 Å². The molecule has 2 nitrogen and oxygen atoms in total. The Bertz CT molecular complexity index is 1010. The highest BCUT2D eigenvalue weighted by Gasteiger charge is 2.41. The molecule has 0 heterocycles. The van der Waals surface area contributed by atoms with Crippen LogP contribution >= 0.6 is 11.6 Å². The van der Waals surface area contributed by atoms with Crippen LogP contribution in [0.3, 0.4) is 0 Å². The highest BCUT2D eigenvalue weighted by molar-refractivity contribution is 6.30. The molecule has 3 heteroatoms. The molecule has 1 saturated carbocycles. The number of rotatable bonds is 12. The van der Waals surface area contributed by atoms with Crippen LogP contribution in [0.4, 0.5) is 0 Å². The second-order valence-corrected chi connectivity index (χ2v) is 10.4. The van der Waals surface area contributed by atoms with E-state index in [1.54, 1.807) is 0 Å². The van der Waals surface area contributed by atoms with Crippen molar-refractivity contribution in [2.24, 2.45) is 5.92 Å². The predicted octanol–water partition coefficient (Wildman–Crippen LogP) is 7.86. The van der Waals surface area contributed by atoms with Crippen LogP contribution in [-0.2, 0) is 18.3 Å². The molecule has 0 spiro atoms. The number of benzene rings is 3. The van der Waals surface area contributed by atoms with Gasteiger partial charge in [0.1, 0.15) is 0 Å². The maximum absolute atomic E-state index is 10.5. The number of hydrogen-bond donors (Lipinski definition) is 0. The molecule has 1 unspecified atom stereocenters. The van der Waals surface area contributed by atoms with Gasteiger partial charge >= 0.3 is 0 Å². The second-order valence-electron chi connectivity index (χ2n) is 9.99. The van der Waals surface area contributed by atoms with Gasteiger partial charge in [0.05, 0.1) is 11.5 Å². The maximum Gasteiger partial charge on any atom is 0.0850 e. The van der Waals surface area contributed by atoms with E-state index < -0.39 is 5.41 Å². The van der Waals surface area contributed by atoms with Crippen molar-refractivity contribution in [2.75, 3.05) is 19.6 Å². The first-order chi connectivity index (χ1) is 17.2. The monoisotopic (exact) mass is 484 g/mol. The van der Waals surface area contributed by atoms with Crippen LogP contribution in [0.1, 0.15) is 55.2 Å². The van der Waals surface area contributed by atoms with Crippen LogP contribution in [0.5, 0.6) is 0 Å². The summed E-state index contributed by atoms with van der Waals surface area (Å²) < 4.78 is 0. The lowest BCUT2D eigenvalue weighted by atomic mass is 9.67. The van der Waals surface area contributed by atoms with Crippen molar-refractivity contribution in [3.8, 4) is 6.07 Å². The zero-order chi connectivity index (χ0) is 24.3. The van der Waals surface area contributed by atoms with E-state index in [2.05, 4.69) is 83.8 Å². The van der Waals surface area contributed by atoms with Gasteiger partial charge in [0, 0.05) is 18.1 Å². The zero-order valence-corrected chi connectivity index (χ0v) is 21.5. The Morgan fingerprint density at radius 1 is 0.771 bits per heavy atom. The first-order valence-corrected chi connectivity index (χ1v) is 13.5. The fraction of sp³-hybridized carbons (Fsp3) is 0.406. The average molecular weight is 485 g/mol. The Morgan fingerprint density at radius 3 is 1.83 bits per heavy atom. The molecule has 0 aliphatic heterocycles. The third-order valence-corrected chi connectivity index (χ3v) is 8.03. The van der Waals surface area contributed by atoms with Gasteiger partial charge in [0.2, 0.25) is 0 Å². The highest BCUT2D eigenvalue weighted by atomic mass is 35.5. The first kappa shape index (κ1) is 25.5. The SMILES string of the molecule is N#CC(CCCN(CCc1ccccc1)CCc1ccccc1)(c1ccc(Cl)cc1)C1CCCC1. The Morgan fingerprint density at radius 2 is 1.31 bits per heavy atom. The van der Waals surface area contributed by atoms with Gasteiger partial charge in [-0.3, -0.25) is 0 Å². The molecule has 35 heavy (non-hydrogen) atoms. The lowest BCUT2D eigenvalue weighted by molar-refractivity contribution is 0.248. The molecule has 0 aromatic heterocycles.